The number of aldehydes is 1. The number of anilines is 1. The summed E-state index contributed by atoms with van der Waals surface area (Å²) in [7, 11) is 0. The minimum atomic E-state index is -1.34. The zero-order chi connectivity index (χ0) is 19.0. The van der Waals surface area contributed by atoms with E-state index < -0.39 is 29.6 Å². The lowest BCUT2D eigenvalue weighted by atomic mass is 9.99. The number of imide groups is 1. The molecule has 0 bridgehead atoms. The maximum atomic E-state index is 14.4. The minimum Gasteiger partial charge on any atom is -0.368 e. The van der Waals surface area contributed by atoms with Gasteiger partial charge in [-0.15, -0.1) is 0 Å². The van der Waals surface area contributed by atoms with Gasteiger partial charge in [-0.1, -0.05) is 5.18 Å². The molecule has 0 radical (unpaired) electrons. The summed E-state index contributed by atoms with van der Waals surface area (Å²) >= 11 is 0. The van der Waals surface area contributed by atoms with Gasteiger partial charge < -0.3 is 15.4 Å². The third-order valence-electron chi connectivity index (χ3n) is 4.56. The van der Waals surface area contributed by atoms with E-state index in [1.54, 1.807) is 4.90 Å². The van der Waals surface area contributed by atoms with Crippen LogP contribution in [0.1, 0.15) is 27.1 Å². The third kappa shape index (κ3) is 2.72. The van der Waals surface area contributed by atoms with Gasteiger partial charge >= 0.3 is 0 Å². The molecule has 1 fully saturated rings. The van der Waals surface area contributed by atoms with Crippen molar-refractivity contribution in [3.05, 3.63) is 34.0 Å². The molecule has 9 nitrogen and oxygen atoms in total. The monoisotopic (exact) mass is 362 g/mol. The Labute approximate surface area is 146 Å². The standard InChI is InChI=1S/C16H15FN4O5/c17-11-3-9-10(4-13(11)20-5-8(6-20)7-22)16(25)21(15(9)24)12(14(18)23)1-2-19-26/h3-4,7-8,12H,1-2,5-6H2,(H2,18,23). The molecule has 0 saturated carbocycles. The molecule has 2 aliphatic heterocycles. The molecule has 3 amide bonds. The first-order valence-corrected chi connectivity index (χ1v) is 7.89. The van der Waals surface area contributed by atoms with Gasteiger partial charge in [0.1, 0.15) is 18.1 Å². The fraction of sp³-hybridized carbons (Fsp3) is 0.375. The second-order valence-corrected chi connectivity index (χ2v) is 6.19. The van der Waals surface area contributed by atoms with E-state index in [2.05, 4.69) is 5.18 Å². The number of hydrogen-bond acceptors (Lipinski definition) is 7. The molecule has 0 aromatic heterocycles. The van der Waals surface area contributed by atoms with Crippen molar-refractivity contribution in [3.63, 3.8) is 0 Å². The van der Waals surface area contributed by atoms with Gasteiger partial charge in [0.25, 0.3) is 11.8 Å². The summed E-state index contributed by atoms with van der Waals surface area (Å²) < 4.78 is 14.4. The molecular formula is C16H15FN4O5. The third-order valence-corrected chi connectivity index (χ3v) is 4.56. The fourth-order valence-corrected chi connectivity index (χ4v) is 3.16. The van der Waals surface area contributed by atoms with Crippen molar-refractivity contribution in [1.82, 2.24) is 4.90 Å². The summed E-state index contributed by atoms with van der Waals surface area (Å²) in [5.74, 6) is -3.50. The normalized spacial score (nSPS) is 17.7. The predicted octanol–water partition coefficient (Wildman–Crippen LogP) is 0.0672. The summed E-state index contributed by atoms with van der Waals surface area (Å²) in [5.41, 5.74) is 5.13. The van der Waals surface area contributed by atoms with Crippen LogP contribution in [0.3, 0.4) is 0 Å². The van der Waals surface area contributed by atoms with Crippen molar-refractivity contribution < 1.29 is 23.6 Å². The van der Waals surface area contributed by atoms with E-state index in [0.29, 0.717) is 18.0 Å². The van der Waals surface area contributed by atoms with Crippen LogP contribution in [0, 0.1) is 16.6 Å². The number of nitrogens with two attached hydrogens (primary N) is 1. The highest BCUT2D eigenvalue weighted by atomic mass is 19.1. The zero-order valence-corrected chi connectivity index (χ0v) is 13.6. The van der Waals surface area contributed by atoms with Crippen molar-refractivity contribution in [1.29, 1.82) is 0 Å². The van der Waals surface area contributed by atoms with Gasteiger partial charge in [-0.05, 0) is 12.1 Å². The molecule has 1 saturated heterocycles. The summed E-state index contributed by atoms with van der Waals surface area (Å²) in [4.78, 5) is 60.0. The number of primary amides is 1. The van der Waals surface area contributed by atoms with Gasteiger partial charge in [0.2, 0.25) is 5.91 Å². The number of rotatable bonds is 7. The molecule has 3 rings (SSSR count). The summed E-state index contributed by atoms with van der Waals surface area (Å²) in [6, 6.07) is 0.840. The van der Waals surface area contributed by atoms with Gasteiger partial charge in [0.05, 0.1) is 23.4 Å². The van der Waals surface area contributed by atoms with Crippen molar-refractivity contribution in [3.8, 4) is 0 Å². The Kier molecular flexibility index (Phi) is 4.49. The second kappa shape index (κ2) is 6.62. The molecule has 1 aromatic rings. The number of halogens is 1. The highest BCUT2D eigenvalue weighted by Gasteiger charge is 2.43. The number of amides is 3. The average Bonchev–Trinajstić information content (AvgIpc) is 2.79. The predicted molar refractivity (Wildman–Crippen MR) is 86.9 cm³/mol. The topological polar surface area (TPSA) is 130 Å². The van der Waals surface area contributed by atoms with E-state index in [1.807, 2.05) is 0 Å². The summed E-state index contributed by atoms with van der Waals surface area (Å²) in [6.45, 7) is 0.335. The number of nitroso groups, excluding NO2 is 1. The molecule has 1 unspecified atom stereocenters. The van der Waals surface area contributed by atoms with Crippen LogP contribution in [0.25, 0.3) is 0 Å². The Morgan fingerprint density at radius 3 is 2.46 bits per heavy atom. The highest BCUT2D eigenvalue weighted by molar-refractivity contribution is 6.23. The molecular weight excluding hydrogens is 347 g/mol. The number of hydrogen-bond donors (Lipinski definition) is 1. The Morgan fingerprint density at radius 2 is 1.92 bits per heavy atom. The molecule has 10 heteroatoms. The zero-order valence-electron chi connectivity index (χ0n) is 13.6. The van der Waals surface area contributed by atoms with Crippen LogP contribution >= 0.6 is 0 Å². The molecule has 0 spiro atoms. The van der Waals surface area contributed by atoms with E-state index >= 15 is 0 Å². The van der Waals surface area contributed by atoms with Crippen LogP contribution in [0.4, 0.5) is 10.1 Å². The minimum absolute atomic E-state index is 0.0498. The van der Waals surface area contributed by atoms with Crippen molar-refractivity contribution in [2.45, 2.75) is 12.5 Å². The first-order chi connectivity index (χ1) is 12.4. The van der Waals surface area contributed by atoms with Gasteiger partial charge in [0.15, 0.2) is 0 Å². The van der Waals surface area contributed by atoms with Crippen LogP contribution in [-0.2, 0) is 9.59 Å². The van der Waals surface area contributed by atoms with Crippen LogP contribution in [0.2, 0.25) is 0 Å². The Balaban J connectivity index is 1.93. The Morgan fingerprint density at radius 1 is 1.31 bits per heavy atom. The van der Waals surface area contributed by atoms with Crippen molar-refractivity contribution >= 4 is 29.7 Å². The van der Waals surface area contributed by atoms with Crippen LogP contribution < -0.4 is 10.6 Å². The molecule has 136 valence electrons. The van der Waals surface area contributed by atoms with E-state index in [1.165, 1.54) is 6.07 Å². The van der Waals surface area contributed by atoms with Gasteiger partial charge in [-0.25, -0.2) is 4.39 Å². The lowest BCUT2D eigenvalue weighted by molar-refractivity contribution is -0.122. The first-order valence-electron chi connectivity index (χ1n) is 7.89. The average molecular weight is 362 g/mol. The summed E-state index contributed by atoms with van der Waals surface area (Å²) in [6.07, 6.45) is 0.573. The molecule has 2 N–H and O–H groups in total. The molecule has 2 heterocycles. The van der Waals surface area contributed by atoms with E-state index in [-0.39, 0.29) is 35.7 Å². The number of carbonyl (C=O) groups excluding carboxylic acids is 4. The molecule has 1 aromatic carbocycles. The van der Waals surface area contributed by atoms with E-state index in [4.69, 9.17) is 5.73 Å². The number of carbonyl (C=O) groups is 4. The molecule has 1 atom stereocenters. The number of fused-ring (bicyclic) bond motifs is 1. The van der Waals surface area contributed by atoms with Gasteiger partial charge in [-0.2, -0.15) is 4.91 Å². The fourth-order valence-electron chi connectivity index (χ4n) is 3.16. The first kappa shape index (κ1) is 17.6. The van der Waals surface area contributed by atoms with Crippen LogP contribution in [0.5, 0.6) is 0 Å². The number of benzene rings is 1. The maximum Gasteiger partial charge on any atom is 0.262 e. The Hall–Kier alpha value is -3.17. The largest absolute Gasteiger partial charge is 0.368 e. The van der Waals surface area contributed by atoms with Gasteiger partial charge in [0, 0.05) is 25.4 Å². The molecule has 26 heavy (non-hydrogen) atoms. The number of nitrogens with zero attached hydrogens (tertiary/aromatic N) is 3. The maximum absolute atomic E-state index is 14.4. The lowest BCUT2D eigenvalue weighted by Gasteiger charge is -2.38. The SMILES string of the molecule is NC(=O)C(CCN=O)N1C(=O)c2cc(F)c(N3CC(C=O)C3)cc2C1=O. The van der Waals surface area contributed by atoms with Crippen LogP contribution in [0.15, 0.2) is 17.3 Å². The molecule has 0 aliphatic carbocycles. The van der Waals surface area contributed by atoms with E-state index in [9.17, 15) is 28.5 Å². The van der Waals surface area contributed by atoms with Gasteiger partial charge in [-0.3, -0.25) is 19.3 Å². The smallest absolute Gasteiger partial charge is 0.262 e. The van der Waals surface area contributed by atoms with Crippen molar-refractivity contribution in [2.24, 2.45) is 16.8 Å². The van der Waals surface area contributed by atoms with Crippen LogP contribution in [-0.4, -0.2) is 54.6 Å². The second-order valence-electron chi connectivity index (χ2n) is 6.19. The molecule has 2 aliphatic rings. The lowest BCUT2D eigenvalue weighted by Crippen LogP contribution is -2.48. The quantitative estimate of drug-likeness (QED) is 0.415. The van der Waals surface area contributed by atoms with E-state index in [0.717, 1.165) is 12.4 Å². The Bertz CT molecular complexity index is 821. The summed E-state index contributed by atoms with van der Waals surface area (Å²) in [5, 5.41) is 2.61. The van der Waals surface area contributed by atoms with Crippen molar-refractivity contribution in [2.75, 3.05) is 24.5 Å². The highest BCUT2D eigenvalue weighted by Crippen LogP contribution is 2.34.